The molecule has 0 aliphatic heterocycles. The Bertz CT molecular complexity index is 1150. The van der Waals surface area contributed by atoms with Gasteiger partial charge in [0, 0.05) is 23.1 Å². The Morgan fingerprint density at radius 3 is 2.81 bits per heavy atom. The highest BCUT2D eigenvalue weighted by atomic mass is 32.1. The molecular formula is C18H13F2N5OS. The average Bonchev–Trinajstić information content (AvgIpc) is 3.30. The Morgan fingerprint density at radius 2 is 2.04 bits per heavy atom. The zero-order valence-electron chi connectivity index (χ0n) is 14.1. The molecule has 27 heavy (non-hydrogen) atoms. The van der Waals surface area contributed by atoms with Crippen molar-refractivity contribution < 1.29 is 13.6 Å². The SMILES string of the molecule is CCn1nnc2cc(C(=O)Nc3nc(-c4ccc(F)c(F)c4)cs3)ccc21. The van der Waals surface area contributed by atoms with E-state index in [1.54, 1.807) is 28.3 Å². The summed E-state index contributed by atoms with van der Waals surface area (Å²) in [7, 11) is 0. The van der Waals surface area contributed by atoms with E-state index in [0.717, 1.165) is 17.6 Å². The third-order valence-electron chi connectivity index (χ3n) is 4.02. The molecule has 0 unspecified atom stereocenters. The fourth-order valence-corrected chi connectivity index (χ4v) is 3.35. The number of halogens is 2. The highest BCUT2D eigenvalue weighted by Gasteiger charge is 2.13. The number of fused-ring (bicyclic) bond motifs is 1. The number of amides is 1. The summed E-state index contributed by atoms with van der Waals surface area (Å²) in [6, 6.07) is 8.69. The molecule has 2 heterocycles. The molecule has 0 aliphatic rings. The van der Waals surface area contributed by atoms with Gasteiger partial charge in [0.15, 0.2) is 16.8 Å². The van der Waals surface area contributed by atoms with Gasteiger partial charge in [-0.1, -0.05) is 5.21 Å². The van der Waals surface area contributed by atoms with Crippen LogP contribution in [0.4, 0.5) is 13.9 Å². The van der Waals surface area contributed by atoms with E-state index >= 15 is 0 Å². The lowest BCUT2D eigenvalue weighted by molar-refractivity contribution is 0.102. The molecular weight excluding hydrogens is 372 g/mol. The molecule has 0 saturated heterocycles. The van der Waals surface area contributed by atoms with Crippen LogP contribution in [0.5, 0.6) is 0 Å². The summed E-state index contributed by atoms with van der Waals surface area (Å²) < 4.78 is 28.2. The first-order valence-electron chi connectivity index (χ1n) is 8.10. The van der Waals surface area contributed by atoms with Gasteiger partial charge in [-0.05, 0) is 43.3 Å². The van der Waals surface area contributed by atoms with Crippen molar-refractivity contribution in [3.05, 3.63) is 59.0 Å². The van der Waals surface area contributed by atoms with Gasteiger partial charge in [0.1, 0.15) is 5.52 Å². The van der Waals surface area contributed by atoms with Crippen molar-refractivity contribution in [3.63, 3.8) is 0 Å². The van der Waals surface area contributed by atoms with Crippen LogP contribution in [0.2, 0.25) is 0 Å². The topological polar surface area (TPSA) is 72.7 Å². The smallest absolute Gasteiger partial charge is 0.257 e. The number of carbonyl (C=O) groups is 1. The van der Waals surface area contributed by atoms with Crippen molar-refractivity contribution in [1.29, 1.82) is 0 Å². The van der Waals surface area contributed by atoms with Crippen LogP contribution in [0.1, 0.15) is 17.3 Å². The van der Waals surface area contributed by atoms with Crippen LogP contribution in [0.25, 0.3) is 22.3 Å². The number of anilines is 1. The molecule has 0 bridgehead atoms. The number of aromatic nitrogens is 4. The lowest BCUT2D eigenvalue weighted by Gasteiger charge is -2.02. The molecule has 9 heteroatoms. The third kappa shape index (κ3) is 3.28. The second kappa shape index (κ2) is 6.84. The standard InChI is InChI=1S/C18H13F2N5OS/c1-2-25-16-6-4-11(8-14(16)23-24-25)17(26)22-18-21-15(9-27-18)10-3-5-12(19)13(20)7-10/h3-9H,2H2,1H3,(H,21,22,26). The van der Waals surface area contributed by atoms with Gasteiger partial charge >= 0.3 is 0 Å². The number of nitrogens with one attached hydrogen (secondary N) is 1. The molecule has 0 spiro atoms. The maximum absolute atomic E-state index is 13.4. The Hall–Kier alpha value is -3.20. The summed E-state index contributed by atoms with van der Waals surface area (Å²) in [5, 5.41) is 12.8. The largest absolute Gasteiger partial charge is 0.298 e. The minimum atomic E-state index is -0.945. The van der Waals surface area contributed by atoms with Gasteiger partial charge in [-0.15, -0.1) is 16.4 Å². The fourth-order valence-electron chi connectivity index (χ4n) is 2.64. The summed E-state index contributed by atoms with van der Waals surface area (Å²) in [4.78, 5) is 16.7. The van der Waals surface area contributed by atoms with Crippen LogP contribution >= 0.6 is 11.3 Å². The summed E-state index contributed by atoms with van der Waals surface area (Å²) >= 11 is 1.20. The van der Waals surface area contributed by atoms with Crippen molar-refractivity contribution in [3.8, 4) is 11.3 Å². The van der Waals surface area contributed by atoms with Crippen molar-refractivity contribution in [1.82, 2.24) is 20.0 Å². The number of hydrogen-bond donors (Lipinski definition) is 1. The van der Waals surface area contributed by atoms with Crippen molar-refractivity contribution in [2.45, 2.75) is 13.5 Å². The zero-order chi connectivity index (χ0) is 19.0. The van der Waals surface area contributed by atoms with Crippen LogP contribution in [0.15, 0.2) is 41.8 Å². The molecule has 1 N–H and O–H groups in total. The molecule has 0 aliphatic carbocycles. The Balaban J connectivity index is 1.55. The molecule has 0 atom stereocenters. The summed E-state index contributed by atoms with van der Waals surface area (Å²) in [5.74, 6) is -2.20. The maximum Gasteiger partial charge on any atom is 0.257 e. The number of carbonyl (C=O) groups excluding carboxylic acids is 1. The number of benzene rings is 2. The van der Waals surface area contributed by atoms with Gasteiger partial charge in [0.05, 0.1) is 11.2 Å². The zero-order valence-corrected chi connectivity index (χ0v) is 14.9. The van der Waals surface area contributed by atoms with Gasteiger partial charge in [0.2, 0.25) is 0 Å². The van der Waals surface area contributed by atoms with E-state index in [1.807, 2.05) is 6.92 Å². The molecule has 6 nitrogen and oxygen atoms in total. The number of thiazole rings is 1. The van der Waals surface area contributed by atoms with E-state index in [0.29, 0.717) is 34.0 Å². The molecule has 0 fully saturated rings. The molecule has 136 valence electrons. The van der Waals surface area contributed by atoms with Crippen LogP contribution in [0.3, 0.4) is 0 Å². The molecule has 1 amide bonds. The minimum absolute atomic E-state index is 0.339. The van der Waals surface area contributed by atoms with Gasteiger partial charge in [-0.25, -0.2) is 18.4 Å². The van der Waals surface area contributed by atoms with Crippen LogP contribution in [0, 0.1) is 11.6 Å². The Kier molecular flexibility index (Phi) is 4.36. The van der Waals surface area contributed by atoms with E-state index < -0.39 is 11.6 Å². The number of hydrogen-bond acceptors (Lipinski definition) is 5. The Morgan fingerprint density at radius 1 is 1.19 bits per heavy atom. The molecule has 2 aromatic carbocycles. The van der Waals surface area contributed by atoms with Crippen LogP contribution in [-0.2, 0) is 6.54 Å². The first-order valence-corrected chi connectivity index (χ1v) is 8.98. The van der Waals surface area contributed by atoms with Gasteiger partial charge in [-0.3, -0.25) is 10.1 Å². The van der Waals surface area contributed by atoms with E-state index in [9.17, 15) is 13.6 Å². The molecule has 4 rings (SSSR count). The molecule has 0 saturated carbocycles. The lowest BCUT2D eigenvalue weighted by atomic mass is 10.2. The first-order chi connectivity index (χ1) is 13.0. The summed E-state index contributed by atoms with van der Waals surface area (Å²) in [5.41, 5.74) is 2.80. The normalized spacial score (nSPS) is 11.1. The highest BCUT2D eigenvalue weighted by molar-refractivity contribution is 7.14. The molecule has 2 aromatic heterocycles. The lowest BCUT2D eigenvalue weighted by Crippen LogP contribution is -2.11. The monoisotopic (exact) mass is 385 g/mol. The summed E-state index contributed by atoms with van der Waals surface area (Å²) in [6.07, 6.45) is 0. The summed E-state index contributed by atoms with van der Waals surface area (Å²) in [6.45, 7) is 2.65. The van der Waals surface area contributed by atoms with Crippen molar-refractivity contribution >= 4 is 33.4 Å². The first kappa shape index (κ1) is 17.2. The number of rotatable bonds is 4. The predicted molar refractivity (Wildman–Crippen MR) is 98.6 cm³/mol. The quantitative estimate of drug-likeness (QED) is 0.574. The average molecular weight is 385 g/mol. The van der Waals surface area contributed by atoms with Gasteiger partial charge < -0.3 is 0 Å². The van der Waals surface area contributed by atoms with Gasteiger partial charge in [-0.2, -0.15) is 0 Å². The van der Waals surface area contributed by atoms with Crippen LogP contribution < -0.4 is 5.32 Å². The predicted octanol–water partition coefficient (Wildman–Crippen LogP) is 4.11. The minimum Gasteiger partial charge on any atom is -0.298 e. The molecule has 0 radical (unpaired) electrons. The van der Waals surface area contributed by atoms with Crippen molar-refractivity contribution in [2.75, 3.05) is 5.32 Å². The Labute approximate surface area is 156 Å². The van der Waals surface area contributed by atoms with E-state index in [2.05, 4.69) is 20.6 Å². The van der Waals surface area contributed by atoms with Crippen molar-refractivity contribution in [2.24, 2.45) is 0 Å². The van der Waals surface area contributed by atoms with E-state index in [-0.39, 0.29) is 5.91 Å². The van der Waals surface area contributed by atoms with Crippen LogP contribution in [-0.4, -0.2) is 25.9 Å². The second-order valence-electron chi connectivity index (χ2n) is 5.73. The second-order valence-corrected chi connectivity index (χ2v) is 6.59. The fraction of sp³-hybridized carbons (Fsp3) is 0.111. The highest BCUT2D eigenvalue weighted by Crippen LogP contribution is 2.26. The maximum atomic E-state index is 13.4. The van der Waals surface area contributed by atoms with E-state index in [1.165, 1.54) is 17.4 Å². The van der Waals surface area contributed by atoms with E-state index in [4.69, 9.17) is 0 Å². The third-order valence-corrected chi connectivity index (χ3v) is 4.77. The number of nitrogens with zero attached hydrogens (tertiary/aromatic N) is 4. The number of aryl methyl sites for hydroxylation is 1. The van der Waals surface area contributed by atoms with Gasteiger partial charge in [0.25, 0.3) is 5.91 Å². The molecule has 4 aromatic rings.